The maximum atomic E-state index is 4.08. The summed E-state index contributed by atoms with van der Waals surface area (Å²) in [5, 5.41) is 11.5. The van der Waals surface area contributed by atoms with Crippen LogP contribution in [0.4, 0.5) is 0 Å². The summed E-state index contributed by atoms with van der Waals surface area (Å²) in [6.45, 7) is 8.82. The van der Waals surface area contributed by atoms with E-state index in [4.69, 9.17) is 0 Å². The maximum absolute atomic E-state index is 4.08. The van der Waals surface area contributed by atoms with E-state index in [1.54, 1.807) is 4.68 Å². The molecule has 1 aromatic heterocycles. The Morgan fingerprint density at radius 1 is 1.33 bits per heavy atom. The van der Waals surface area contributed by atoms with Crippen molar-refractivity contribution in [3.8, 4) is 0 Å². The molecule has 4 heteroatoms. The molecular formula is C11H22N4. The fraction of sp³-hybridized carbons (Fsp3) is 0.818. The van der Waals surface area contributed by atoms with Crippen LogP contribution in [0.2, 0.25) is 0 Å². The molecule has 1 atom stereocenters. The van der Waals surface area contributed by atoms with E-state index in [1.807, 2.05) is 13.2 Å². The minimum absolute atomic E-state index is 0.612. The van der Waals surface area contributed by atoms with E-state index in [0.717, 1.165) is 25.2 Å². The molecule has 0 bridgehead atoms. The monoisotopic (exact) mass is 210 g/mol. The third kappa shape index (κ3) is 4.93. The van der Waals surface area contributed by atoms with Crippen molar-refractivity contribution in [3.63, 3.8) is 0 Å². The highest BCUT2D eigenvalue weighted by atomic mass is 15.4. The number of hydrogen-bond acceptors (Lipinski definition) is 3. The summed E-state index contributed by atoms with van der Waals surface area (Å²) in [6.07, 6.45) is 2.98. The van der Waals surface area contributed by atoms with Gasteiger partial charge in [0.2, 0.25) is 0 Å². The molecule has 0 saturated heterocycles. The molecule has 0 aliphatic rings. The van der Waals surface area contributed by atoms with Gasteiger partial charge in [0.1, 0.15) is 0 Å². The largest absolute Gasteiger partial charge is 0.316 e. The number of hydrogen-bond donors (Lipinski definition) is 1. The molecule has 1 rings (SSSR count). The first kappa shape index (κ1) is 12.2. The van der Waals surface area contributed by atoms with Crippen LogP contribution in [-0.2, 0) is 13.5 Å². The van der Waals surface area contributed by atoms with Crippen molar-refractivity contribution in [2.75, 3.05) is 13.1 Å². The van der Waals surface area contributed by atoms with E-state index in [0.29, 0.717) is 11.8 Å². The van der Waals surface area contributed by atoms with Gasteiger partial charge >= 0.3 is 0 Å². The second-order valence-corrected chi connectivity index (χ2v) is 4.74. The van der Waals surface area contributed by atoms with E-state index in [9.17, 15) is 0 Å². The first-order chi connectivity index (χ1) is 7.08. The lowest BCUT2D eigenvalue weighted by Crippen LogP contribution is -2.26. The van der Waals surface area contributed by atoms with Crippen LogP contribution < -0.4 is 5.32 Å². The summed E-state index contributed by atoms with van der Waals surface area (Å²) in [6, 6.07) is 0. The lowest BCUT2D eigenvalue weighted by atomic mass is 10.1. The normalized spacial score (nSPS) is 13.4. The molecule has 0 aromatic carbocycles. The molecule has 0 radical (unpaired) electrons. The predicted molar refractivity (Wildman–Crippen MR) is 61.6 cm³/mol. The molecule has 1 unspecified atom stereocenters. The molecule has 1 N–H and O–H groups in total. The summed E-state index contributed by atoms with van der Waals surface area (Å²) in [5.41, 5.74) is 1.08. The van der Waals surface area contributed by atoms with Gasteiger partial charge in [-0.2, -0.15) is 0 Å². The van der Waals surface area contributed by atoms with E-state index < -0.39 is 0 Å². The quantitative estimate of drug-likeness (QED) is 0.768. The average Bonchev–Trinajstić information content (AvgIpc) is 2.50. The van der Waals surface area contributed by atoms with Gasteiger partial charge in [-0.15, -0.1) is 5.10 Å². The highest BCUT2D eigenvalue weighted by Gasteiger charge is 2.06. The minimum Gasteiger partial charge on any atom is -0.316 e. The first-order valence-corrected chi connectivity index (χ1v) is 5.64. The van der Waals surface area contributed by atoms with Crippen LogP contribution in [0, 0.1) is 11.8 Å². The summed E-state index contributed by atoms with van der Waals surface area (Å²) in [7, 11) is 1.90. The highest BCUT2D eigenvalue weighted by Crippen LogP contribution is 2.03. The Hall–Kier alpha value is -0.900. The van der Waals surface area contributed by atoms with Crippen LogP contribution in [0.3, 0.4) is 0 Å². The summed E-state index contributed by atoms with van der Waals surface area (Å²) < 4.78 is 1.75. The molecule has 0 spiro atoms. The van der Waals surface area contributed by atoms with Crippen LogP contribution >= 0.6 is 0 Å². The zero-order valence-electron chi connectivity index (χ0n) is 10.2. The maximum Gasteiger partial charge on any atom is 0.0830 e. The molecule has 15 heavy (non-hydrogen) atoms. The number of nitrogens with one attached hydrogen (secondary N) is 1. The van der Waals surface area contributed by atoms with Crippen LogP contribution in [0.1, 0.15) is 26.5 Å². The third-order valence-corrected chi connectivity index (χ3v) is 2.25. The van der Waals surface area contributed by atoms with Crippen molar-refractivity contribution in [2.45, 2.75) is 27.2 Å². The van der Waals surface area contributed by atoms with Gasteiger partial charge in [-0.3, -0.25) is 4.68 Å². The van der Waals surface area contributed by atoms with E-state index in [1.165, 1.54) is 0 Å². The van der Waals surface area contributed by atoms with E-state index in [2.05, 4.69) is 36.4 Å². The molecular weight excluding hydrogens is 188 g/mol. The lowest BCUT2D eigenvalue weighted by molar-refractivity contribution is 0.470. The number of aryl methyl sites for hydroxylation is 1. The fourth-order valence-electron chi connectivity index (χ4n) is 1.54. The molecule has 0 saturated carbocycles. The average molecular weight is 210 g/mol. The topological polar surface area (TPSA) is 42.7 Å². The highest BCUT2D eigenvalue weighted by molar-refractivity contribution is 4.93. The van der Waals surface area contributed by atoms with Crippen LogP contribution in [0.15, 0.2) is 6.20 Å². The van der Waals surface area contributed by atoms with Gasteiger partial charge in [-0.1, -0.05) is 26.0 Å². The molecule has 1 aromatic rings. The van der Waals surface area contributed by atoms with Crippen LogP contribution in [-0.4, -0.2) is 28.1 Å². The summed E-state index contributed by atoms with van der Waals surface area (Å²) in [4.78, 5) is 0. The van der Waals surface area contributed by atoms with Gasteiger partial charge < -0.3 is 5.32 Å². The zero-order valence-corrected chi connectivity index (χ0v) is 10.2. The van der Waals surface area contributed by atoms with Crippen LogP contribution in [0.5, 0.6) is 0 Å². The van der Waals surface area contributed by atoms with Gasteiger partial charge in [-0.05, 0) is 31.3 Å². The Morgan fingerprint density at radius 3 is 2.60 bits per heavy atom. The zero-order chi connectivity index (χ0) is 11.3. The second kappa shape index (κ2) is 5.85. The van der Waals surface area contributed by atoms with Crippen molar-refractivity contribution in [3.05, 3.63) is 11.9 Å². The Bertz CT molecular complexity index is 280. The van der Waals surface area contributed by atoms with Crippen molar-refractivity contribution in [1.82, 2.24) is 20.3 Å². The van der Waals surface area contributed by atoms with Gasteiger partial charge in [0.15, 0.2) is 0 Å². The van der Waals surface area contributed by atoms with E-state index >= 15 is 0 Å². The van der Waals surface area contributed by atoms with Crippen molar-refractivity contribution < 1.29 is 0 Å². The molecule has 0 amide bonds. The smallest absolute Gasteiger partial charge is 0.0830 e. The van der Waals surface area contributed by atoms with Gasteiger partial charge in [0.05, 0.1) is 5.69 Å². The first-order valence-electron chi connectivity index (χ1n) is 5.64. The molecule has 86 valence electrons. The molecule has 0 aliphatic heterocycles. The Morgan fingerprint density at radius 2 is 2.07 bits per heavy atom. The fourth-order valence-corrected chi connectivity index (χ4v) is 1.54. The van der Waals surface area contributed by atoms with Gasteiger partial charge in [-0.25, -0.2) is 0 Å². The summed E-state index contributed by atoms with van der Waals surface area (Å²) in [5.74, 6) is 1.33. The van der Waals surface area contributed by atoms with Crippen LogP contribution in [0.25, 0.3) is 0 Å². The molecule has 0 aliphatic carbocycles. The van der Waals surface area contributed by atoms with Crippen molar-refractivity contribution in [1.29, 1.82) is 0 Å². The van der Waals surface area contributed by atoms with Gasteiger partial charge in [0, 0.05) is 13.2 Å². The Balaban J connectivity index is 2.21. The summed E-state index contributed by atoms with van der Waals surface area (Å²) >= 11 is 0. The Labute approximate surface area is 92.1 Å². The molecule has 1 heterocycles. The standard InChI is InChI=1S/C11H22N4/c1-9(2)6-12-7-10(3)5-11-8-15(4)14-13-11/h8-10,12H,5-7H2,1-4H3. The minimum atomic E-state index is 0.612. The van der Waals surface area contributed by atoms with Gasteiger partial charge in [0.25, 0.3) is 0 Å². The molecule has 4 nitrogen and oxygen atoms in total. The second-order valence-electron chi connectivity index (χ2n) is 4.74. The number of nitrogens with zero attached hydrogens (tertiary/aromatic N) is 3. The Kier molecular flexibility index (Phi) is 4.75. The number of rotatable bonds is 6. The van der Waals surface area contributed by atoms with Crippen molar-refractivity contribution >= 4 is 0 Å². The predicted octanol–water partition coefficient (Wildman–Crippen LogP) is 1.24. The van der Waals surface area contributed by atoms with E-state index in [-0.39, 0.29) is 0 Å². The third-order valence-electron chi connectivity index (χ3n) is 2.25. The lowest BCUT2D eigenvalue weighted by Gasteiger charge is -2.12. The molecule has 0 fully saturated rings. The number of aromatic nitrogens is 3. The van der Waals surface area contributed by atoms with Crippen molar-refractivity contribution in [2.24, 2.45) is 18.9 Å². The SMILES string of the molecule is CC(C)CNCC(C)Cc1cn(C)nn1.